The van der Waals surface area contributed by atoms with E-state index in [2.05, 4.69) is 20.4 Å². The zero-order chi connectivity index (χ0) is 16.9. The number of nitrogens with two attached hydrogens (primary N) is 1. The van der Waals surface area contributed by atoms with E-state index in [1.54, 1.807) is 23.3 Å². The van der Waals surface area contributed by atoms with E-state index in [-0.39, 0.29) is 11.9 Å². The molecule has 8 heteroatoms. The molecule has 1 amide bonds. The van der Waals surface area contributed by atoms with Gasteiger partial charge < -0.3 is 16.0 Å². The second kappa shape index (κ2) is 7.29. The molecule has 128 valence electrons. The van der Waals surface area contributed by atoms with Gasteiger partial charge in [-0.2, -0.15) is 5.10 Å². The summed E-state index contributed by atoms with van der Waals surface area (Å²) in [5.41, 5.74) is 6.57. The van der Waals surface area contributed by atoms with Crippen molar-refractivity contribution in [1.82, 2.24) is 24.6 Å². The average molecular weight is 329 g/mol. The summed E-state index contributed by atoms with van der Waals surface area (Å²) in [6, 6.07) is 3.73. The van der Waals surface area contributed by atoms with Crippen LogP contribution in [-0.2, 0) is 4.79 Å². The van der Waals surface area contributed by atoms with Crippen LogP contribution < -0.4 is 11.1 Å². The summed E-state index contributed by atoms with van der Waals surface area (Å²) in [5, 5.41) is 7.54. The van der Waals surface area contributed by atoms with Crippen molar-refractivity contribution in [3.05, 3.63) is 31.0 Å². The molecule has 0 aliphatic carbocycles. The lowest BCUT2D eigenvalue weighted by Crippen LogP contribution is -2.37. The highest BCUT2D eigenvalue weighted by Crippen LogP contribution is 2.19. The lowest BCUT2D eigenvalue weighted by Gasteiger charge is -2.24. The second-order valence-electron chi connectivity index (χ2n) is 6.12. The minimum Gasteiger partial charge on any atom is -0.384 e. The van der Waals surface area contributed by atoms with Gasteiger partial charge >= 0.3 is 0 Å². The number of hydrogen-bond acceptors (Lipinski definition) is 6. The normalized spacial score (nSPS) is 19.5. The zero-order valence-corrected chi connectivity index (χ0v) is 13.8. The molecule has 0 spiro atoms. The van der Waals surface area contributed by atoms with Crippen molar-refractivity contribution in [1.29, 1.82) is 0 Å². The van der Waals surface area contributed by atoms with Crippen molar-refractivity contribution < 1.29 is 4.79 Å². The van der Waals surface area contributed by atoms with Crippen molar-refractivity contribution >= 4 is 17.4 Å². The third-order valence-corrected chi connectivity index (χ3v) is 4.39. The second-order valence-corrected chi connectivity index (χ2v) is 6.12. The molecule has 3 rings (SSSR count). The Bertz CT molecular complexity index is 656. The van der Waals surface area contributed by atoms with Crippen molar-refractivity contribution in [2.45, 2.75) is 38.3 Å². The molecule has 24 heavy (non-hydrogen) atoms. The summed E-state index contributed by atoms with van der Waals surface area (Å²) in [6.07, 6.45) is 7.67. The highest BCUT2D eigenvalue weighted by Gasteiger charge is 2.25. The maximum absolute atomic E-state index is 12.6. The van der Waals surface area contributed by atoms with Crippen LogP contribution in [0.5, 0.6) is 0 Å². The molecule has 1 aliphatic heterocycles. The number of carbonyl (C=O) groups excluding carboxylic acids is 1. The van der Waals surface area contributed by atoms with Crippen LogP contribution >= 0.6 is 0 Å². The van der Waals surface area contributed by atoms with Gasteiger partial charge in [-0.25, -0.2) is 14.6 Å². The van der Waals surface area contributed by atoms with Gasteiger partial charge in [-0.3, -0.25) is 4.79 Å². The Balaban J connectivity index is 1.56. The number of amides is 1. The van der Waals surface area contributed by atoms with Crippen molar-refractivity contribution in [3.63, 3.8) is 0 Å². The lowest BCUT2D eigenvalue weighted by atomic mass is 10.1. The van der Waals surface area contributed by atoms with Crippen LogP contribution in [0.3, 0.4) is 0 Å². The number of aromatic nitrogens is 4. The van der Waals surface area contributed by atoms with E-state index in [0.717, 1.165) is 38.0 Å². The number of hydrogen-bond donors (Lipinski definition) is 2. The average Bonchev–Trinajstić information content (AvgIpc) is 3.03. The van der Waals surface area contributed by atoms with Crippen LogP contribution in [0.4, 0.5) is 11.5 Å². The number of nitrogen functional groups attached to an aromatic ring is 1. The SMILES string of the molecule is C[C@@H](C(=O)N1CCC[C@@H](Nc2ccc(N)nc2)CC1)n1cncn1. The molecule has 1 saturated heterocycles. The van der Waals surface area contributed by atoms with Gasteiger partial charge in [0.05, 0.1) is 11.9 Å². The predicted octanol–water partition coefficient (Wildman–Crippen LogP) is 1.31. The fourth-order valence-electron chi connectivity index (χ4n) is 2.98. The number of pyridine rings is 1. The van der Waals surface area contributed by atoms with Crippen LogP contribution in [0.15, 0.2) is 31.0 Å². The number of nitrogens with one attached hydrogen (secondary N) is 1. The monoisotopic (exact) mass is 329 g/mol. The largest absolute Gasteiger partial charge is 0.384 e. The molecule has 2 aromatic heterocycles. The molecular weight excluding hydrogens is 306 g/mol. The minimum atomic E-state index is -0.321. The lowest BCUT2D eigenvalue weighted by molar-refractivity contribution is -0.134. The van der Waals surface area contributed by atoms with Gasteiger partial charge in [0.1, 0.15) is 24.5 Å². The molecule has 3 heterocycles. The van der Waals surface area contributed by atoms with Gasteiger partial charge in [-0.15, -0.1) is 0 Å². The van der Waals surface area contributed by atoms with Gasteiger partial charge in [0.15, 0.2) is 0 Å². The third kappa shape index (κ3) is 3.81. The highest BCUT2D eigenvalue weighted by atomic mass is 16.2. The molecule has 3 N–H and O–H groups in total. The fraction of sp³-hybridized carbons (Fsp3) is 0.500. The topological polar surface area (TPSA) is 102 Å². The van der Waals surface area contributed by atoms with E-state index in [0.29, 0.717) is 11.9 Å². The van der Waals surface area contributed by atoms with E-state index < -0.39 is 0 Å². The van der Waals surface area contributed by atoms with Crippen LogP contribution in [0, 0.1) is 0 Å². The van der Waals surface area contributed by atoms with Crippen LogP contribution in [0.2, 0.25) is 0 Å². The smallest absolute Gasteiger partial charge is 0.247 e. The summed E-state index contributed by atoms with van der Waals surface area (Å²) in [4.78, 5) is 22.6. The molecule has 8 nitrogen and oxygen atoms in total. The number of anilines is 2. The number of rotatable bonds is 4. The molecule has 1 fully saturated rings. The molecule has 0 bridgehead atoms. The maximum Gasteiger partial charge on any atom is 0.247 e. The zero-order valence-electron chi connectivity index (χ0n) is 13.8. The third-order valence-electron chi connectivity index (χ3n) is 4.39. The van der Waals surface area contributed by atoms with Crippen molar-refractivity contribution in [3.8, 4) is 0 Å². The van der Waals surface area contributed by atoms with Crippen LogP contribution in [0.25, 0.3) is 0 Å². The molecule has 2 atom stereocenters. The number of likely N-dealkylation sites (tertiary alicyclic amines) is 1. The van der Waals surface area contributed by atoms with E-state index in [4.69, 9.17) is 5.73 Å². The maximum atomic E-state index is 12.6. The highest BCUT2D eigenvalue weighted by molar-refractivity contribution is 5.80. The first-order chi connectivity index (χ1) is 11.6. The Hall–Kier alpha value is -2.64. The van der Waals surface area contributed by atoms with Gasteiger partial charge in [0, 0.05) is 19.1 Å². The van der Waals surface area contributed by atoms with E-state index in [1.165, 1.54) is 6.33 Å². The van der Waals surface area contributed by atoms with Gasteiger partial charge in [-0.1, -0.05) is 0 Å². The first kappa shape index (κ1) is 16.2. The molecule has 2 aromatic rings. The first-order valence-corrected chi connectivity index (χ1v) is 8.24. The molecule has 0 radical (unpaired) electrons. The summed E-state index contributed by atoms with van der Waals surface area (Å²) in [5.74, 6) is 0.607. The first-order valence-electron chi connectivity index (χ1n) is 8.24. The van der Waals surface area contributed by atoms with Crippen LogP contribution in [-0.4, -0.2) is 49.7 Å². The van der Waals surface area contributed by atoms with Crippen molar-refractivity contribution in [2.24, 2.45) is 0 Å². The minimum absolute atomic E-state index is 0.0929. The van der Waals surface area contributed by atoms with Gasteiger partial charge in [0.2, 0.25) is 5.91 Å². The molecule has 0 aromatic carbocycles. The van der Waals surface area contributed by atoms with Crippen molar-refractivity contribution in [2.75, 3.05) is 24.1 Å². The van der Waals surface area contributed by atoms with E-state index in [1.807, 2.05) is 17.9 Å². The Labute approximate surface area is 141 Å². The Morgan fingerprint density at radius 3 is 2.96 bits per heavy atom. The summed E-state index contributed by atoms with van der Waals surface area (Å²) in [7, 11) is 0. The van der Waals surface area contributed by atoms with Gasteiger partial charge in [0.25, 0.3) is 0 Å². The summed E-state index contributed by atoms with van der Waals surface area (Å²) < 4.78 is 1.60. The van der Waals surface area contributed by atoms with Crippen LogP contribution in [0.1, 0.15) is 32.2 Å². The molecule has 0 saturated carbocycles. The Morgan fingerprint density at radius 1 is 1.38 bits per heavy atom. The quantitative estimate of drug-likeness (QED) is 0.877. The van der Waals surface area contributed by atoms with Gasteiger partial charge in [-0.05, 0) is 38.3 Å². The van der Waals surface area contributed by atoms with E-state index >= 15 is 0 Å². The Morgan fingerprint density at radius 2 is 2.25 bits per heavy atom. The summed E-state index contributed by atoms with van der Waals surface area (Å²) in [6.45, 7) is 3.37. The Kier molecular flexibility index (Phi) is 4.93. The number of nitrogens with zero attached hydrogens (tertiary/aromatic N) is 5. The fourth-order valence-corrected chi connectivity index (χ4v) is 2.98. The number of carbonyl (C=O) groups is 1. The van der Waals surface area contributed by atoms with E-state index in [9.17, 15) is 4.79 Å². The molecular formula is C16H23N7O. The molecule has 0 unspecified atom stereocenters. The summed E-state index contributed by atoms with van der Waals surface area (Å²) >= 11 is 0. The molecule has 1 aliphatic rings. The standard InChI is InChI=1S/C16H23N7O/c1-12(23-11-18-10-20-23)16(24)22-7-2-3-13(6-8-22)21-14-4-5-15(17)19-9-14/h4-5,9-13,21H,2-3,6-8H2,1H3,(H2,17,19)/t12-,13+/m0/s1. The predicted molar refractivity (Wildman–Crippen MR) is 91.2 cm³/mol.